The van der Waals surface area contributed by atoms with Crippen molar-refractivity contribution >= 4 is 17.3 Å². The summed E-state index contributed by atoms with van der Waals surface area (Å²) in [5.74, 6) is 0.873. The molecular formula is C17H20N2O2. The van der Waals surface area contributed by atoms with Crippen LogP contribution in [-0.2, 0) is 11.3 Å². The normalized spacial score (nSPS) is 10.0. The third kappa shape index (κ3) is 4.24. The quantitative estimate of drug-likeness (QED) is 0.851. The lowest BCUT2D eigenvalue weighted by molar-refractivity contribution is -0.115. The third-order valence-corrected chi connectivity index (χ3v) is 3.14. The first kappa shape index (κ1) is 14.9. The van der Waals surface area contributed by atoms with Gasteiger partial charge in [-0.25, -0.2) is 0 Å². The fourth-order valence-electron chi connectivity index (χ4n) is 2.00. The Balaban J connectivity index is 2.03. The van der Waals surface area contributed by atoms with Gasteiger partial charge >= 0.3 is 0 Å². The van der Waals surface area contributed by atoms with Gasteiger partial charge in [0.1, 0.15) is 5.75 Å². The molecule has 0 spiro atoms. The molecule has 2 aromatic rings. The smallest absolute Gasteiger partial charge is 0.224 e. The molecule has 0 aromatic heterocycles. The van der Waals surface area contributed by atoms with Crippen LogP contribution in [0, 0.1) is 0 Å². The average Bonchev–Trinajstić information content (AvgIpc) is 2.53. The summed E-state index contributed by atoms with van der Waals surface area (Å²) in [6, 6.07) is 15.6. The van der Waals surface area contributed by atoms with Crippen LogP contribution >= 0.6 is 0 Å². The number of ether oxygens (including phenoxy) is 1. The maximum atomic E-state index is 11.4. The molecule has 1 amide bonds. The molecule has 0 aliphatic rings. The number of para-hydroxylation sites is 1. The number of amides is 1. The Bertz CT molecular complexity index is 611. The number of carbonyl (C=O) groups excluding carboxylic acids is 1. The summed E-state index contributed by atoms with van der Waals surface area (Å²) in [6.45, 7) is 2.49. The molecule has 0 fully saturated rings. The number of hydrogen-bond donors (Lipinski definition) is 2. The lowest BCUT2D eigenvalue weighted by Gasteiger charge is -2.11. The Kier molecular flexibility index (Phi) is 5.21. The summed E-state index contributed by atoms with van der Waals surface area (Å²) in [5.41, 5.74) is 2.84. The molecule has 0 bridgehead atoms. The highest BCUT2D eigenvalue weighted by Crippen LogP contribution is 2.20. The summed E-state index contributed by atoms with van der Waals surface area (Å²) in [4.78, 5) is 11.4. The average molecular weight is 284 g/mol. The van der Waals surface area contributed by atoms with Gasteiger partial charge < -0.3 is 15.4 Å². The van der Waals surface area contributed by atoms with Crippen molar-refractivity contribution in [2.45, 2.75) is 19.9 Å². The predicted octanol–water partition coefficient (Wildman–Crippen LogP) is 3.66. The first-order chi connectivity index (χ1) is 10.2. The molecule has 0 atom stereocenters. The molecule has 0 aliphatic carbocycles. The van der Waals surface area contributed by atoms with E-state index < -0.39 is 0 Å². The van der Waals surface area contributed by atoms with Crippen molar-refractivity contribution in [3.63, 3.8) is 0 Å². The van der Waals surface area contributed by atoms with Crippen LogP contribution in [0.4, 0.5) is 11.4 Å². The molecule has 0 aliphatic heterocycles. The minimum atomic E-state index is 0.0110. The Morgan fingerprint density at radius 1 is 1.10 bits per heavy atom. The molecule has 2 rings (SSSR count). The number of carbonyl (C=O) groups is 1. The lowest BCUT2D eigenvalue weighted by atomic mass is 10.2. The van der Waals surface area contributed by atoms with Crippen molar-refractivity contribution in [1.29, 1.82) is 0 Å². The Morgan fingerprint density at radius 3 is 2.62 bits per heavy atom. The van der Waals surface area contributed by atoms with Gasteiger partial charge in [0, 0.05) is 29.9 Å². The Morgan fingerprint density at radius 2 is 1.86 bits per heavy atom. The molecule has 110 valence electrons. The third-order valence-electron chi connectivity index (χ3n) is 3.14. The van der Waals surface area contributed by atoms with E-state index in [0.29, 0.717) is 13.0 Å². The largest absolute Gasteiger partial charge is 0.496 e. The zero-order valence-corrected chi connectivity index (χ0v) is 12.3. The standard InChI is InChI=1S/C17H20N2O2/c1-3-17(20)19-15-9-6-8-14(11-15)18-12-13-7-4-5-10-16(13)21-2/h4-11,18H,3,12H2,1-2H3,(H,19,20). The fraction of sp³-hybridized carbons (Fsp3) is 0.235. The van der Waals surface area contributed by atoms with Crippen molar-refractivity contribution in [3.8, 4) is 5.75 Å². The van der Waals surface area contributed by atoms with Gasteiger partial charge in [0.05, 0.1) is 7.11 Å². The Hall–Kier alpha value is -2.49. The van der Waals surface area contributed by atoms with E-state index in [1.165, 1.54) is 0 Å². The summed E-state index contributed by atoms with van der Waals surface area (Å²) in [5, 5.41) is 6.19. The summed E-state index contributed by atoms with van der Waals surface area (Å²) >= 11 is 0. The van der Waals surface area contributed by atoms with Crippen LogP contribution in [-0.4, -0.2) is 13.0 Å². The second-order valence-corrected chi connectivity index (χ2v) is 4.65. The van der Waals surface area contributed by atoms with E-state index in [-0.39, 0.29) is 5.91 Å². The summed E-state index contributed by atoms with van der Waals surface area (Å²) in [7, 11) is 1.67. The summed E-state index contributed by atoms with van der Waals surface area (Å²) in [6.07, 6.45) is 0.471. The topological polar surface area (TPSA) is 50.4 Å². The molecule has 4 nitrogen and oxygen atoms in total. The number of rotatable bonds is 6. The van der Waals surface area contributed by atoms with Crippen LogP contribution in [0.2, 0.25) is 0 Å². The Labute approximate surface area is 125 Å². The first-order valence-corrected chi connectivity index (χ1v) is 6.98. The number of anilines is 2. The van der Waals surface area contributed by atoms with Gasteiger partial charge in [-0.2, -0.15) is 0 Å². The number of hydrogen-bond acceptors (Lipinski definition) is 3. The molecule has 2 aromatic carbocycles. The maximum absolute atomic E-state index is 11.4. The predicted molar refractivity (Wildman–Crippen MR) is 85.7 cm³/mol. The van der Waals surface area contributed by atoms with Crippen molar-refractivity contribution in [3.05, 3.63) is 54.1 Å². The van der Waals surface area contributed by atoms with Gasteiger partial charge in [-0.1, -0.05) is 31.2 Å². The molecule has 0 heterocycles. The van der Waals surface area contributed by atoms with Gasteiger partial charge in [-0.05, 0) is 24.3 Å². The van der Waals surface area contributed by atoms with Gasteiger partial charge in [-0.15, -0.1) is 0 Å². The number of benzene rings is 2. The molecule has 0 radical (unpaired) electrons. The highest BCUT2D eigenvalue weighted by Gasteiger charge is 2.03. The lowest BCUT2D eigenvalue weighted by Crippen LogP contribution is -2.09. The van der Waals surface area contributed by atoms with Crippen LogP contribution in [0.5, 0.6) is 5.75 Å². The van der Waals surface area contributed by atoms with E-state index in [1.807, 2.05) is 55.5 Å². The maximum Gasteiger partial charge on any atom is 0.224 e. The second kappa shape index (κ2) is 7.33. The number of methoxy groups -OCH3 is 1. The monoisotopic (exact) mass is 284 g/mol. The van der Waals surface area contributed by atoms with Gasteiger partial charge in [0.15, 0.2) is 0 Å². The van der Waals surface area contributed by atoms with Gasteiger partial charge in [0.25, 0.3) is 0 Å². The van der Waals surface area contributed by atoms with Crippen LogP contribution in [0.1, 0.15) is 18.9 Å². The highest BCUT2D eigenvalue weighted by atomic mass is 16.5. The van der Waals surface area contributed by atoms with Gasteiger partial charge in [0.2, 0.25) is 5.91 Å². The van der Waals surface area contributed by atoms with Crippen LogP contribution in [0.3, 0.4) is 0 Å². The highest BCUT2D eigenvalue weighted by molar-refractivity contribution is 5.90. The molecule has 2 N–H and O–H groups in total. The molecule has 4 heteroatoms. The van der Waals surface area contributed by atoms with E-state index in [0.717, 1.165) is 22.7 Å². The SMILES string of the molecule is CCC(=O)Nc1cccc(NCc2ccccc2OC)c1. The van der Waals surface area contributed by atoms with Crippen molar-refractivity contribution in [1.82, 2.24) is 0 Å². The minimum Gasteiger partial charge on any atom is -0.496 e. The van der Waals surface area contributed by atoms with Crippen molar-refractivity contribution in [2.75, 3.05) is 17.7 Å². The van der Waals surface area contributed by atoms with Crippen molar-refractivity contribution < 1.29 is 9.53 Å². The van der Waals surface area contributed by atoms with E-state index >= 15 is 0 Å². The van der Waals surface area contributed by atoms with E-state index in [4.69, 9.17) is 4.74 Å². The first-order valence-electron chi connectivity index (χ1n) is 6.98. The molecule has 0 unspecified atom stereocenters. The van der Waals surface area contributed by atoms with Crippen LogP contribution in [0.15, 0.2) is 48.5 Å². The minimum absolute atomic E-state index is 0.0110. The zero-order valence-electron chi connectivity index (χ0n) is 12.3. The molecular weight excluding hydrogens is 264 g/mol. The molecule has 0 saturated heterocycles. The summed E-state index contributed by atoms with van der Waals surface area (Å²) < 4.78 is 5.33. The van der Waals surface area contributed by atoms with Gasteiger partial charge in [-0.3, -0.25) is 4.79 Å². The van der Waals surface area contributed by atoms with Crippen LogP contribution in [0.25, 0.3) is 0 Å². The zero-order chi connectivity index (χ0) is 15.1. The van der Waals surface area contributed by atoms with Crippen molar-refractivity contribution in [2.24, 2.45) is 0 Å². The molecule has 21 heavy (non-hydrogen) atoms. The van der Waals surface area contributed by atoms with E-state index in [9.17, 15) is 4.79 Å². The second-order valence-electron chi connectivity index (χ2n) is 4.65. The fourth-order valence-corrected chi connectivity index (χ4v) is 2.00. The number of nitrogens with one attached hydrogen (secondary N) is 2. The van der Waals surface area contributed by atoms with E-state index in [1.54, 1.807) is 7.11 Å². The van der Waals surface area contributed by atoms with E-state index in [2.05, 4.69) is 10.6 Å². The molecule has 0 saturated carbocycles. The van der Waals surface area contributed by atoms with Crippen LogP contribution < -0.4 is 15.4 Å².